The van der Waals surface area contributed by atoms with E-state index in [1.807, 2.05) is 0 Å². The number of hydrogen-bond donors (Lipinski definition) is 2. The summed E-state index contributed by atoms with van der Waals surface area (Å²) in [5.41, 5.74) is 14.1. The van der Waals surface area contributed by atoms with Crippen LogP contribution in [0.5, 0.6) is 0 Å². The van der Waals surface area contributed by atoms with Crippen LogP contribution in [0.2, 0.25) is 0 Å². The van der Waals surface area contributed by atoms with Crippen LogP contribution in [0.3, 0.4) is 0 Å². The van der Waals surface area contributed by atoms with Crippen LogP contribution >= 0.6 is 0 Å². The van der Waals surface area contributed by atoms with E-state index in [9.17, 15) is 9.59 Å². The molecule has 3 aliphatic rings. The van der Waals surface area contributed by atoms with Crippen LogP contribution in [0.4, 0.5) is 0 Å². The third-order valence-corrected chi connectivity index (χ3v) is 9.50. The summed E-state index contributed by atoms with van der Waals surface area (Å²) in [5, 5.41) is 2.12. The number of aliphatic imine (C=N–C) groups is 2. The van der Waals surface area contributed by atoms with E-state index in [0.717, 1.165) is 80.7 Å². The average Bonchev–Trinajstić information content (AvgIpc) is 3.67. The molecule has 5 rings (SSSR count). The number of hydrogen-bond acceptors (Lipinski definition) is 6. The maximum absolute atomic E-state index is 12.2. The van der Waals surface area contributed by atoms with Crippen molar-refractivity contribution >= 4 is 41.6 Å². The Labute approximate surface area is 259 Å². The molecule has 232 valence electrons. The summed E-state index contributed by atoms with van der Waals surface area (Å²) < 4.78 is 9.94. The minimum atomic E-state index is -0.253. The van der Waals surface area contributed by atoms with Gasteiger partial charge in [-0.15, -0.1) is 0 Å². The Morgan fingerprint density at radius 3 is 2.16 bits per heavy atom. The van der Waals surface area contributed by atoms with Crippen molar-refractivity contribution in [1.82, 2.24) is 9.97 Å². The molecule has 0 saturated carbocycles. The number of H-pyrrole nitrogens is 2. The molecule has 8 nitrogen and oxygen atoms in total. The first kappa shape index (κ1) is 31.2. The number of ether oxygens (including phenoxy) is 2. The minimum Gasteiger partial charge on any atom is -0.469 e. The highest BCUT2D eigenvalue weighted by atomic mass is 16.5. The van der Waals surface area contributed by atoms with Crippen molar-refractivity contribution in [2.75, 3.05) is 14.2 Å². The first-order valence-electron chi connectivity index (χ1n) is 15.6. The van der Waals surface area contributed by atoms with Crippen molar-refractivity contribution in [2.45, 2.75) is 92.5 Å². The molecule has 2 aromatic rings. The van der Waals surface area contributed by atoms with Crippen LogP contribution in [-0.4, -0.2) is 53.6 Å². The highest BCUT2D eigenvalue weighted by Crippen LogP contribution is 2.34. The number of allylic oxidation sites excluding steroid dienone is 3. The van der Waals surface area contributed by atoms with Gasteiger partial charge in [0, 0.05) is 41.3 Å². The third kappa shape index (κ3) is 5.82. The molecule has 0 aliphatic carbocycles. The van der Waals surface area contributed by atoms with Gasteiger partial charge in [0.05, 0.1) is 37.4 Å². The Morgan fingerprint density at radius 1 is 0.818 bits per heavy atom. The number of rotatable bonds is 8. The van der Waals surface area contributed by atoms with E-state index in [4.69, 9.17) is 19.5 Å². The molecular formula is C36H44N4O4. The molecule has 8 heteroatoms. The van der Waals surface area contributed by atoms with E-state index in [1.165, 1.54) is 36.5 Å². The van der Waals surface area contributed by atoms with Crippen molar-refractivity contribution in [3.63, 3.8) is 0 Å². The SMILES string of the molecule is CCC1=C(C)C2Cc3[nH]c(c(CCC(=O)OC)c3C)/C=C3N=C(/C=c4\[nH]/c(c(C)c4CC)=C\C1=N2)C(C)=C\3CCC(=O)OC. The fourth-order valence-electron chi connectivity index (χ4n) is 6.76. The fourth-order valence-corrected chi connectivity index (χ4v) is 6.76. The van der Waals surface area contributed by atoms with Gasteiger partial charge >= 0.3 is 11.9 Å². The molecule has 5 heterocycles. The number of carbonyl (C=O) groups excluding carboxylic acids is 2. The molecule has 2 aromatic heterocycles. The molecule has 44 heavy (non-hydrogen) atoms. The molecule has 1 unspecified atom stereocenters. The molecular weight excluding hydrogens is 552 g/mol. The fraction of sp³-hybridized carbons (Fsp3) is 0.444. The Hall–Kier alpha value is -4.20. The zero-order chi connectivity index (χ0) is 31.7. The highest BCUT2D eigenvalue weighted by Gasteiger charge is 2.27. The van der Waals surface area contributed by atoms with Gasteiger partial charge in [0.2, 0.25) is 0 Å². The van der Waals surface area contributed by atoms with Crippen molar-refractivity contribution in [2.24, 2.45) is 9.98 Å². The molecule has 0 fully saturated rings. The van der Waals surface area contributed by atoms with E-state index in [2.05, 4.69) is 69.7 Å². The summed E-state index contributed by atoms with van der Waals surface area (Å²) in [6.07, 6.45) is 10.6. The minimum absolute atomic E-state index is 0.0243. The largest absolute Gasteiger partial charge is 0.469 e. The summed E-state index contributed by atoms with van der Waals surface area (Å²) in [7, 11) is 2.84. The van der Waals surface area contributed by atoms with Crippen LogP contribution in [0, 0.1) is 13.8 Å². The van der Waals surface area contributed by atoms with E-state index in [-0.39, 0.29) is 30.8 Å². The van der Waals surface area contributed by atoms with Crippen LogP contribution in [0.1, 0.15) is 87.0 Å². The normalized spacial score (nSPS) is 20.4. The van der Waals surface area contributed by atoms with Gasteiger partial charge in [0.1, 0.15) is 0 Å². The quantitative estimate of drug-likeness (QED) is 0.415. The number of fused-ring (bicyclic) bond motifs is 6. The molecule has 2 N–H and O–H groups in total. The zero-order valence-corrected chi connectivity index (χ0v) is 27.3. The number of carbonyl (C=O) groups is 2. The Bertz CT molecular complexity index is 1810. The Kier molecular flexibility index (Phi) is 9.09. The maximum Gasteiger partial charge on any atom is 0.305 e. The lowest BCUT2D eigenvalue weighted by Crippen LogP contribution is -2.16. The average molecular weight is 597 g/mol. The standard InChI is InChI=1S/C36H44N4O4/c1-9-23-19(3)27-15-28-21(5)25(11-13-35(41)43-7)33(39-28)18-34-26(12-14-36(42)44-8)22(6)30(40-34)17-32-24(10-2)20(4)29(38-32)16-31(23)37-27/h16-18,27,38-39H,9-15H2,1-8H3/b29-16-,32-17-,34-18-. The highest BCUT2D eigenvalue weighted by molar-refractivity contribution is 6.24. The molecule has 0 radical (unpaired) electrons. The molecule has 1 atom stereocenters. The van der Waals surface area contributed by atoms with Gasteiger partial charge in [0.25, 0.3) is 0 Å². The van der Waals surface area contributed by atoms with E-state index in [0.29, 0.717) is 12.8 Å². The number of esters is 2. The van der Waals surface area contributed by atoms with Crippen LogP contribution < -0.4 is 10.7 Å². The van der Waals surface area contributed by atoms with E-state index in [1.54, 1.807) is 0 Å². The molecule has 8 bridgehead atoms. The van der Waals surface area contributed by atoms with Crippen LogP contribution in [0.25, 0.3) is 18.2 Å². The van der Waals surface area contributed by atoms with Gasteiger partial charge in [-0.05, 0) is 116 Å². The lowest BCUT2D eigenvalue weighted by molar-refractivity contribution is -0.141. The number of aromatic amines is 2. The molecule has 0 amide bonds. The second kappa shape index (κ2) is 12.8. The van der Waals surface area contributed by atoms with E-state index >= 15 is 0 Å². The second-order valence-corrected chi connectivity index (χ2v) is 11.9. The summed E-state index contributed by atoms with van der Waals surface area (Å²) in [6.45, 7) is 12.9. The number of nitrogens with one attached hydrogen (secondary N) is 2. The lowest BCUT2D eigenvalue weighted by Gasteiger charge is -2.10. The van der Waals surface area contributed by atoms with Crippen molar-refractivity contribution in [3.8, 4) is 0 Å². The number of nitrogens with zero attached hydrogens (tertiary/aromatic N) is 2. The smallest absolute Gasteiger partial charge is 0.305 e. The lowest BCUT2D eigenvalue weighted by atomic mass is 9.96. The topological polar surface area (TPSA) is 109 Å². The summed E-state index contributed by atoms with van der Waals surface area (Å²) in [6, 6.07) is 0.0243. The zero-order valence-electron chi connectivity index (χ0n) is 27.3. The van der Waals surface area contributed by atoms with Gasteiger partial charge in [-0.3, -0.25) is 14.6 Å². The van der Waals surface area contributed by atoms with Gasteiger partial charge in [-0.1, -0.05) is 13.8 Å². The monoisotopic (exact) mass is 596 g/mol. The van der Waals surface area contributed by atoms with Crippen molar-refractivity contribution in [1.29, 1.82) is 0 Å². The third-order valence-electron chi connectivity index (χ3n) is 9.50. The van der Waals surface area contributed by atoms with Crippen LogP contribution in [0.15, 0.2) is 38.0 Å². The first-order chi connectivity index (χ1) is 21.1. The molecule has 0 spiro atoms. The van der Waals surface area contributed by atoms with Crippen molar-refractivity contribution in [3.05, 3.63) is 72.3 Å². The van der Waals surface area contributed by atoms with Crippen molar-refractivity contribution < 1.29 is 19.1 Å². The van der Waals surface area contributed by atoms with E-state index < -0.39 is 0 Å². The number of aromatic nitrogens is 2. The Morgan fingerprint density at radius 2 is 1.50 bits per heavy atom. The number of methoxy groups -OCH3 is 2. The summed E-state index contributed by atoms with van der Waals surface area (Å²) in [5.74, 6) is -0.495. The predicted molar refractivity (Wildman–Crippen MR) is 176 cm³/mol. The molecule has 0 aromatic carbocycles. The molecule has 3 aliphatic heterocycles. The van der Waals surface area contributed by atoms with Crippen LogP contribution in [-0.2, 0) is 38.3 Å². The Balaban J connectivity index is 1.77. The van der Waals surface area contributed by atoms with Gasteiger partial charge < -0.3 is 19.4 Å². The van der Waals surface area contributed by atoms with Gasteiger partial charge in [-0.25, -0.2) is 4.99 Å². The second-order valence-electron chi connectivity index (χ2n) is 11.9. The van der Waals surface area contributed by atoms with Gasteiger partial charge in [-0.2, -0.15) is 0 Å². The summed E-state index contributed by atoms with van der Waals surface area (Å²) >= 11 is 0. The maximum atomic E-state index is 12.2. The first-order valence-corrected chi connectivity index (χ1v) is 15.6. The molecule has 0 saturated heterocycles. The predicted octanol–water partition coefficient (Wildman–Crippen LogP) is 5.06. The van der Waals surface area contributed by atoms with Gasteiger partial charge in [0.15, 0.2) is 0 Å². The summed E-state index contributed by atoms with van der Waals surface area (Å²) in [4.78, 5) is 42.2.